The summed E-state index contributed by atoms with van der Waals surface area (Å²) < 4.78 is 38.4. The molecule has 0 saturated heterocycles. The van der Waals surface area contributed by atoms with Crippen molar-refractivity contribution < 1.29 is 22.8 Å². The molecule has 0 aliphatic heterocycles. The average Bonchev–Trinajstić information content (AvgIpc) is 3.43. The maximum atomic E-state index is 12.8. The number of nitrogens with one attached hydrogen (secondary N) is 2. The summed E-state index contributed by atoms with van der Waals surface area (Å²) >= 11 is 1.28. The van der Waals surface area contributed by atoms with E-state index in [1.807, 2.05) is 18.2 Å². The minimum absolute atomic E-state index is 0.000783. The van der Waals surface area contributed by atoms with E-state index < -0.39 is 11.7 Å². The van der Waals surface area contributed by atoms with Crippen LogP contribution in [0.2, 0.25) is 0 Å². The van der Waals surface area contributed by atoms with Crippen molar-refractivity contribution in [2.24, 2.45) is 0 Å². The maximum absolute atomic E-state index is 12.8. The number of carbonyl (C=O) groups is 2. The van der Waals surface area contributed by atoms with Crippen LogP contribution in [0.1, 0.15) is 44.0 Å². The molecule has 160 valence electrons. The summed E-state index contributed by atoms with van der Waals surface area (Å²) in [6.07, 6.45) is -2.37. The van der Waals surface area contributed by atoms with E-state index in [4.69, 9.17) is 0 Å². The molecule has 1 fully saturated rings. The van der Waals surface area contributed by atoms with Crippen LogP contribution in [0.3, 0.4) is 0 Å². The molecule has 2 aromatic carbocycles. The second-order valence-electron chi connectivity index (χ2n) is 7.37. The predicted molar refractivity (Wildman–Crippen MR) is 113 cm³/mol. The average molecular weight is 444 g/mol. The van der Waals surface area contributed by atoms with Crippen LogP contribution in [0.15, 0.2) is 60.7 Å². The van der Waals surface area contributed by atoms with Crippen molar-refractivity contribution in [2.75, 3.05) is 0 Å². The number of hydrogen-bond acceptors (Lipinski definition) is 3. The summed E-state index contributed by atoms with van der Waals surface area (Å²) in [7, 11) is 0. The van der Waals surface area contributed by atoms with Gasteiger partial charge in [-0.3, -0.25) is 9.59 Å². The Kier molecular flexibility index (Phi) is 5.82. The number of alkyl halides is 3. The molecule has 1 heterocycles. The van der Waals surface area contributed by atoms with Gasteiger partial charge in [0, 0.05) is 23.0 Å². The molecule has 1 aliphatic rings. The van der Waals surface area contributed by atoms with E-state index in [0.717, 1.165) is 35.4 Å². The molecular weight excluding hydrogens is 425 g/mol. The van der Waals surface area contributed by atoms with Crippen LogP contribution >= 0.6 is 11.3 Å². The maximum Gasteiger partial charge on any atom is 0.416 e. The SMILES string of the molecule is O=C(NC1CC1)c1ccc(-c2ccc(C(=O)NCc3cccc(C(F)(F)F)c3)s2)cc1. The van der Waals surface area contributed by atoms with Crippen molar-refractivity contribution in [1.29, 1.82) is 0 Å². The van der Waals surface area contributed by atoms with Crippen LogP contribution in [-0.2, 0) is 12.7 Å². The molecule has 3 aromatic rings. The number of carbonyl (C=O) groups excluding carboxylic acids is 2. The van der Waals surface area contributed by atoms with Crippen molar-refractivity contribution in [3.05, 3.63) is 82.2 Å². The zero-order chi connectivity index (χ0) is 22.0. The topological polar surface area (TPSA) is 58.2 Å². The van der Waals surface area contributed by atoms with Crippen LogP contribution in [0.25, 0.3) is 10.4 Å². The molecule has 1 aliphatic carbocycles. The lowest BCUT2D eigenvalue weighted by molar-refractivity contribution is -0.137. The smallest absolute Gasteiger partial charge is 0.349 e. The number of rotatable bonds is 6. The molecular formula is C23H19F3N2O2S. The summed E-state index contributed by atoms with van der Waals surface area (Å²) in [6.45, 7) is 0.000783. The van der Waals surface area contributed by atoms with Gasteiger partial charge in [-0.15, -0.1) is 11.3 Å². The van der Waals surface area contributed by atoms with E-state index in [9.17, 15) is 22.8 Å². The van der Waals surface area contributed by atoms with E-state index >= 15 is 0 Å². The van der Waals surface area contributed by atoms with Crippen molar-refractivity contribution in [2.45, 2.75) is 31.6 Å². The highest BCUT2D eigenvalue weighted by atomic mass is 32.1. The van der Waals surface area contributed by atoms with Crippen LogP contribution < -0.4 is 10.6 Å². The minimum atomic E-state index is -4.42. The van der Waals surface area contributed by atoms with Gasteiger partial charge in [0.15, 0.2) is 0 Å². The third-order valence-electron chi connectivity index (χ3n) is 4.88. The molecule has 4 nitrogen and oxygen atoms in total. The van der Waals surface area contributed by atoms with Gasteiger partial charge in [0.05, 0.1) is 10.4 Å². The number of amides is 2. The Bertz CT molecular complexity index is 1100. The first-order valence-corrected chi connectivity index (χ1v) is 10.6. The first kappa shape index (κ1) is 21.1. The molecule has 31 heavy (non-hydrogen) atoms. The zero-order valence-electron chi connectivity index (χ0n) is 16.3. The third-order valence-corrected chi connectivity index (χ3v) is 6.01. The standard InChI is InChI=1S/C23H19F3N2O2S/c24-23(25,26)17-3-1-2-14(12-17)13-27-22(30)20-11-10-19(31-20)15-4-6-16(7-5-15)21(29)28-18-8-9-18/h1-7,10-12,18H,8-9,13H2,(H,27,30)(H,28,29). The summed E-state index contributed by atoms with van der Waals surface area (Å²) in [6, 6.07) is 15.8. The zero-order valence-corrected chi connectivity index (χ0v) is 17.1. The quantitative estimate of drug-likeness (QED) is 0.545. The van der Waals surface area contributed by atoms with Crippen molar-refractivity contribution in [3.8, 4) is 10.4 Å². The summed E-state index contributed by atoms with van der Waals surface area (Å²) in [5, 5.41) is 5.59. The van der Waals surface area contributed by atoms with Crippen LogP contribution in [0.5, 0.6) is 0 Å². The largest absolute Gasteiger partial charge is 0.416 e. The van der Waals surface area contributed by atoms with Gasteiger partial charge < -0.3 is 10.6 Å². The van der Waals surface area contributed by atoms with E-state index in [0.29, 0.717) is 22.0 Å². The first-order chi connectivity index (χ1) is 14.8. The van der Waals surface area contributed by atoms with Gasteiger partial charge in [-0.2, -0.15) is 13.2 Å². The van der Waals surface area contributed by atoms with Gasteiger partial charge in [-0.1, -0.05) is 24.3 Å². The van der Waals surface area contributed by atoms with Gasteiger partial charge in [-0.05, 0) is 60.4 Å². The summed E-state index contributed by atoms with van der Waals surface area (Å²) in [4.78, 5) is 25.8. The monoisotopic (exact) mass is 444 g/mol. The lowest BCUT2D eigenvalue weighted by Crippen LogP contribution is -2.25. The lowest BCUT2D eigenvalue weighted by atomic mass is 10.1. The van der Waals surface area contributed by atoms with E-state index in [1.165, 1.54) is 23.5 Å². The van der Waals surface area contributed by atoms with Crippen LogP contribution in [-0.4, -0.2) is 17.9 Å². The number of benzene rings is 2. The molecule has 2 N–H and O–H groups in total. The Morgan fingerprint density at radius 2 is 1.71 bits per heavy atom. The highest BCUT2D eigenvalue weighted by molar-refractivity contribution is 7.17. The fraction of sp³-hybridized carbons (Fsp3) is 0.217. The predicted octanol–water partition coefficient (Wildman–Crippen LogP) is 5.26. The number of hydrogen-bond donors (Lipinski definition) is 2. The second-order valence-corrected chi connectivity index (χ2v) is 8.45. The Labute approximate surface area is 181 Å². The Balaban J connectivity index is 1.38. The molecule has 1 saturated carbocycles. The van der Waals surface area contributed by atoms with Gasteiger partial charge in [-0.25, -0.2) is 0 Å². The molecule has 8 heteroatoms. The van der Waals surface area contributed by atoms with Gasteiger partial charge >= 0.3 is 6.18 Å². The number of thiophene rings is 1. The normalized spacial score (nSPS) is 13.6. The lowest BCUT2D eigenvalue weighted by Gasteiger charge is -2.09. The Morgan fingerprint density at radius 3 is 2.39 bits per heavy atom. The first-order valence-electron chi connectivity index (χ1n) is 9.75. The van der Waals surface area contributed by atoms with Gasteiger partial charge in [0.1, 0.15) is 0 Å². The van der Waals surface area contributed by atoms with E-state index in [2.05, 4.69) is 10.6 Å². The van der Waals surface area contributed by atoms with Gasteiger partial charge in [0.2, 0.25) is 0 Å². The van der Waals surface area contributed by atoms with E-state index in [1.54, 1.807) is 18.2 Å². The number of halogens is 3. The Morgan fingerprint density at radius 1 is 0.968 bits per heavy atom. The van der Waals surface area contributed by atoms with Gasteiger partial charge in [0.25, 0.3) is 11.8 Å². The highest BCUT2D eigenvalue weighted by Crippen LogP contribution is 2.30. The van der Waals surface area contributed by atoms with Crippen molar-refractivity contribution in [3.63, 3.8) is 0 Å². The van der Waals surface area contributed by atoms with Crippen LogP contribution in [0.4, 0.5) is 13.2 Å². The molecule has 1 aromatic heterocycles. The molecule has 0 atom stereocenters. The van der Waals surface area contributed by atoms with Crippen LogP contribution in [0, 0.1) is 0 Å². The summed E-state index contributed by atoms with van der Waals surface area (Å²) in [5.74, 6) is -0.441. The second kappa shape index (κ2) is 8.55. The molecule has 0 bridgehead atoms. The molecule has 0 unspecified atom stereocenters. The van der Waals surface area contributed by atoms with Crippen molar-refractivity contribution in [1.82, 2.24) is 10.6 Å². The molecule has 4 rings (SSSR count). The highest BCUT2D eigenvalue weighted by Gasteiger charge is 2.30. The third kappa shape index (κ3) is 5.32. The fourth-order valence-corrected chi connectivity index (χ4v) is 3.95. The van der Waals surface area contributed by atoms with E-state index in [-0.39, 0.29) is 18.4 Å². The molecule has 0 radical (unpaired) electrons. The molecule has 0 spiro atoms. The molecule has 2 amide bonds. The fourth-order valence-electron chi connectivity index (χ4n) is 3.02. The summed E-state index contributed by atoms with van der Waals surface area (Å²) in [5.41, 5.74) is 1.10. The van der Waals surface area contributed by atoms with Crippen molar-refractivity contribution >= 4 is 23.2 Å². The Hall–Kier alpha value is -3.13. The minimum Gasteiger partial charge on any atom is -0.349 e.